The number of nitrogens with zero attached hydrogens (tertiary/aromatic N) is 2. The standard InChI is InChI=1S/C12H10ClN5O2/c13-8-3-1-2-6-7(5-16-11(6)8)9(19)4-10(20)12(17-14)18-15/h1-5,14,16,19H,15H2/b9-4-,17-14?,18-12-. The van der Waals surface area contributed by atoms with Crippen LogP contribution in [0, 0.1) is 5.53 Å². The molecule has 0 fully saturated rings. The van der Waals surface area contributed by atoms with Gasteiger partial charge in [-0.25, -0.2) is 5.53 Å². The molecule has 0 spiro atoms. The quantitative estimate of drug-likeness (QED) is 0.132. The normalized spacial score (nSPS) is 12.7. The Morgan fingerprint density at radius 1 is 1.50 bits per heavy atom. The fourth-order valence-corrected chi connectivity index (χ4v) is 1.97. The van der Waals surface area contributed by atoms with Gasteiger partial charge in [0, 0.05) is 23.2 Å². The molecule has 102 valence electrons. The number of amidine groups is 1. The minimum atomic E-state index is -0.767. The number of hydrogen-bond donors (Lipinski definition) is 4. The van der Waals surface area contributed by atoms with Crippen molar-refractivity contribution < 1.29 is 9.90 Å². The molecule has 0 saturated carbocycles. The molecule has 20 heavy (non-hydrogen) atoms. The lowest BCUT2D eigenvalue weighted by Crippen LogP contribution is -2.10. The lowest BCUT2D eigenvalue weighted by Gasteiger charge is -1.99. The molecule has 1 heterocycles. The van der Waals surface area contributed by atoms with Crippen molar-refractivity contribution >= 4 is 39.9 Å². The Balaban J connectivity index is 2.46. The number of aromatic nitrogens is 1. The molecule has 0 unspecified atom stereocenters. The molecule has 0 saturated heterocycles. The number of hydrogen-bond acceptors (Lipinski definition) is 5. The zero-order valence-corrected chi connectivity index (χ0v) is 10.8. The highest BCUT2D eigenvalue weighted by Gasteiger charge is 2.13. The average molecular weight is 292 g/mol. The number of para-hydroxylation sites is 1. The Labute approximate surface area is 118 Å². The molecule has 0 atom stereocenters. The van der Waals surface area contributed by atoms with Crippen LogP contribution in [0.2, 0.25) is 5.02 Å². The summed E-state index contributed by atoms with van der Waals surface area (Å²) in [5.74, 6) is 3.34. The molecule has 0 aliphatic rings. The van der Waals surface area contributed by atoms with Crippen LogP contribution >= 0.6 is 11.6 Å². The van der Waals surface area contributed by atoms with E-state index < -0.39 is 11.6 Å². The van der Waals surface area contributed by atoms with Gasteiger partial charge >= 0.3 is 0 Å². The lowest BCUT2D eigenvalue weighted by molar-refractivity contribution is -0.109. The van der Waals surface area contributed by atoms with Crippen LogP contribution in [-0.4, -0.2) is 21.7 Å². The summed E-state index contributed by atoms with van der Waals surface area (Å²) < 4.78 is 0. The summed E-state index contributed by atoms with van der Waals surface area (Å²) >= 11 is 6.00. The predicted molar refractivity (Wildman–Crippen MR) is 75.7 cm³/mol. The third-order valence-electron chi connectivity index (χ3n) is 2.66. The van der Waals surface area contributed by atoms with Crippen LogP contribution in [0.25, 0.3) is 16.7 Å². The number of carbonyl (C=O) groups is 1. The SMILES string of the molecule is N=N/C(=N\N)C(=O)/C=C(\O)c1c[nH]c2c(Cl)cccc12. The zero-order valence-electron chi connectivity index (χ0n) is 10.1. The van der Waals surface area contributed by atoms with Crippen LogP contribution < -0.4 is 5.84 Å². The summed E-state index contributed by atoms with van der Waals surface area (Å²) in [7, 11) is 0. The third kappa shape index (κ3) is 2.39. The molecule has 2 rings (SSSR count). The predicted octanol–water partition coefficient (Wildman–Crippen LogP) is 2.59. The van der Waals surface area contributed by atoms with Gasteiger partial charge in [0.15, 0.2) is 0 Å². The van der Waals surface area contributed by atoms with Gasteiger partial charge in [0.25, 0.3) is 0 Å². The Morgan fingerprint density at radius 2 is 2.25 bits per heavy atom. The molecule has 8 heteroatoms. The highest BCUT2D eigenvalue weighted by atomic mass is 35.5. The number of aliphatic hydroxyl groups excluding tert-OH is 1. The number of fused-ring (bicyclic) bond motifs is 1. The largest absolute Gasteiger partial charge is 0.507 e. The van der Waals surface area contributed by atoms with E-state index in [1.165, 1.54) is 6.20 Å². The number of nitrogens with two attached hydrogens (primary N) is 1. The maximum absolute atomic E-state index is 11.6. The molecular weight excluding hydrogens is 282 g/mol. The van der Waals surface area contributed by atoms with E-state index in [0.29, 0.717) is 21.5 Å². The van der Waals surface area contributed by atoms with E-state index in [1.807, 2.05) is 0 Å². The molecule has 0 amide bonds. The van der Waals surface area contributed by atoms with E-state index in [1.54, 1.807) is 18.2 Å². The van der Waals surface area contributed by atoms with Crippen LogP contribution in [0.3, 0.4) is 0 Å². The first kappa shape index (κ1) is 13.8. The van der Waals surface area contributed by atoms with E-state index in [2.05, 4.69) is 15.2 Å². The lowest BCUT2D eigenvalue weighted by atomic mass is 10.1. The summed E-state index contributed by atoms with van der Waals surface area (Å²) in [5, 5.41) is 17.0. The number of aromatic amines is 1. The summed E-state index contributed by atoms with van der Waals surface area (Å²) in [6, 6.07) is 5.17. The van der Waals surface area contributed by atoms with Crippen LogP contribution in [0.1, 0.15) is 5.56 Å². The Hall–Kier alpha value is -2.67. The van der Waals surface area contributed by atoms with Crippen LogP contribution in [0.5, 0.6) is 0 Å². The van der Waals surface area contributed by atoms with Gasteiger partial charge in [0.2, 0.25) is 11.6 Å². The van der Waals surface area contributed by atoms with Gasteiger partial charge in [-0.15, -0.1) is 5.11 Å². The van der Waals surface area contributed by atoms with Gasteiger partial charge in [0.05, 0.1) is 10.5 Å². The number of aliphatic hydroxyl groups is 1. The minimum absolute atomic E-state index is 0.298. The molecular formula is C12H10ClN5O2. The molecule has 5 N–H and O–H groups in total. The van der Waals surface area contributed by atoms with Crippen molar-refractivity contribution in [1.82, 2.24) is 4.98 Å². The molecule has 0 radical (unpaired) electrons. The molecule has 0 aliphatic carbocycles. The van der Waals surface area contributed by atoms with Gasteiger partial charge in [-0.1, -0.05) is 23.7 Å². The molecule has 7 nitrogen and oxygen atoms in total. The van der Waals surface area contributed by atoms with E-state index in [9.17, 15) is 9.90 Å². The monoisotopic (exact) mass is 291 g/mol. The van der Waals surface area contributed by atoms with Crippen molar-refractivity contribution in [2.75, 3.05) is 0 Å². The smallest absolute Gasteiger partial charge is 0.239 e. The van der Waals surface area contributed by atoms with Crippen LogP contribution in [0.4, 0.5) is 0 Å². The Bertz CT molecular complexity index is 747. The number of nitrogens with one attached hydrogen (secondary N) is 2. The van der Waals surface area contributed by atoms with Gasteiger partial charge < -0.3 is 15.9 Å². The number of H-pyrrole nitrogens is 1. The molecule has 1 aromatic carbocycles. The van der Waals surface area contributed by atoms with Crippen molar-refractivity contribution in [3.8, 4) is 0 Å². The second-order valence-corrected chi connectivity index (χ2v) is 4.23. The van der Waals surface area contributed by atoms with Crippen molar-refractivity contribution in [3.63, 3.8) is 0 Å². The van der Waals surface area contributed by atoms with E-state index in [4.69, 9.17) is 23.0 Å². The highest BCUT2D eigenvalue weighted by Crippen LogP contribution is 2.28. The van der Waals surface area contributed by atoms with Crippen LogP contribution in [0.15, 0.2) is 40.7 Å². The molecule has 1 aromatic heterocycles. The maximum Gasteiger partial charge on any atom is 0.239 e. The Kier molecular flexibility index (Phi) is 3.81. The van der Waals surface area contributed by atoms with E-state index >= 15 is 0 Å². The number of hydrazone groups is 1. The number of halogens is 1. The van der Waals surface area contributed by atoms with Gasteiger partial charge in [0.1, 0.15) is 5.76 Å². The zero-order chi connectivity index (χ0) is 14.7. The second-order valence-electron chi connectivity index (χ2n) is 3.82. The number of benzene rings is 1. The minimum Gasteiger partial charge on any atom is -0.507 e. The fourth-order valence-electron chi connectivity index (χ4n) is 1.74. The second kappa shape index (κ2) is 5.54. The first-order valence-electron chi connectivity index (χ1n) is 5.44. The summed E-state index contributed by atoms with van der Waals surface area (Å²) in [5.41, 5.74) is 7.78. The maximum atomic E-state index is 11.6. The van der Waals surface area contributed by atoms with Crippen molar-refractivity contribution in [2.45, 2.75) is 0 Å². The van der Waals surface area contributed by atoms with Gasteiger partial charge in [-0.2, -0.15) is 5.10 Å². The van der Waals surface area contributed by atoms with E-state index in [0.717, 1.165) is 6.08 Å². The molecule has 0 bridgehead atoms. The first-order valence-corrected chi connectivity index (χ1v) is 5.82. The number of ketones is 1. The summed E-state index contributed by atoms with van der Waals surface area (Å²) in [4.78, 5) is 14.5. The first-order chi connectivity index (χ1) is 9.58. The number of carbonyl (C=O) groups excluding carboxylic acids is 1. The summed E-state index contributed by atoms with van der Waals surface area (Å²) in [6.45, 7) is 0. The fraction of sp³-hybridized carbons (Fsp3) is 0. The highest BCUT2D eigenvalue weighted by molar-refractivity contribution is 6.44. The van der Waals surface area contributed by atoms with Gasteiger partial charge in [-0.05, 0) is 6.07 Å². The van der Waals surface area contributed by atoms with Crippen LogP contribution in [-0.2, 0) is 4.79 Å². The average Bonchev–Trinajstić information content (AvgIpc) is 2.85. The van der Waals surface area contributed by atoms with Crippen molar-refractivity contribution in [3.05, 3.63) is 41.1 Å². The Morgan fingerprint density at radius 3 is 2.90 bits per heavy atom. The molecule has 2 aromatic rings. The van der Waals surface area contributed by atoms with E-state index in [-0.39, 0.29) is 5.76 Å². The van der Waals surface area contributed by atoms with Crippen molar-refractivity contribution in [2.24, 2.45) is 16.1 Å². The molecule has 0 aliphatic heterocycles. The van der Waals surface area contributed by atoms with Crippen molar-refractivity contribution in [1.29, 1.82) is 5.53 Å². The van der Waals surface area contributed by atoms with Gasteiger partial charge in [-0.3, -0.25) is 4.79 Å². The number of rotatable bonds is 3. The summed E-state index contributed by atoms with van der Waals surface area (Å²) in [6.07, 6.45) is 2.42. The third-order valence-corrected chi connectivity index (χ3v) is 2.97. The topological polar surface area (TPSA) is 128 Å².